The summed E-state index contributed by atoms with van der Waals surface area (Å²) in [6.45, 7) is 3.58. The van der Waals surface area contributed by atoms with E-state index in [0.29, 0.717) is 6.42 Å². The van der Waals surface area contributed by atoms with Crippen LogP contribution < -0.4 is 5.32 Å². The maximum atomic E-state index is 12.1. The van der Waals surface area contributed by atoms with Crippen LogP contribution in [-0.2, 0) is 4.79 Å². The van der Waals surface area contributed by atoms with E-state index in [9.17, 15) is 9.90 Å². The lowest BCUT2D eigenvalue weighted by molar-refractivity contribution is -0.122. The van der Waals surface area contributed by atoms with Gasteiger partial charge in [0.1, 0.15) is 0 Å². The number of carbonyl (C=O) groups is 1. The fourth-order valence-electron chi connectivity index (χ4n) is 3.22. The molecule has 0 saturated heterocycles. The lowest BCUT2D eigenvalue weighted by atomic mass is 9.98. The predicted octanol–water partition coefficient (Wildman–Crippen LogP) is 2.88. The molecule has 23 heavy (non-hydrogen) atoms. The highest BCUT2D eigenvalue weighted by Crippen LogP contribution is 2.32. The molecule has 1 atom stereocenters. The summed E-state index contributed by atoms with van der Waals surface area (Å²) in [6, 6.07) is 10.0. The summed E-state index contributed by atoms with van der Waals surface area (Å²) in [6.07, 6.45) is 5.43. The summed E-state index contributed by atoms with van der Waals surface area (Å²) in [5.74, 6) is 0.0766. The Labute approximate surface area is 139 Å². The summed E-state index contributed by atoms with van der Waals surface area (Å²) in [5.41, 5.74) is 0.663. The standard InChI is InChI=1S/C19H30N2O2/c1-16(17-8-4-3-5-9-17)20-18(22)10-14-21(2)15-13-19(23)11-6-7-12-19/h3-5,8-9,16,23H,6-7,10-15H2,1-2H3,(H,20,22)/t16-/m0/s1. The number of nitrogens with zero attached hydrogens (tertiary/aromatic N) is 1. The molecule has 0 unspecified atom stereocenters. The van der Waals surface area contributed by atoms with Crippen LogP contribution in [0.4, 0.5) is 0 Å². The van der Waals surface area contributed by atoms with Crippen LogP contribution in [0.25, 0.3) is 0 Å². The highest BCUT2D eigenvalue weighted by atomic mass is 16.3. The molecule has 2 N–H and O–H groups in total. The Morgan fingerprint density at radius 3 is 2.57 bits per heavy atom. The molecule has 0 spiro atoms. The minimum absolute atomic E-state index is 0.0354. The van der Waals surface area contributed by atoms with E-state index >= 15 is 0 Å². The molecule has 4 heteroatoms. The van der Waals surface area contributed by atoms with Crippen LogP contribution in [0.1, 0.15) is 57.1 Å². The van der Waals surface area contributed by atoms with E-state index in [2.05, 4.69) is 10.2 Å². The van der Waals surface area contributed by atoms with Crippen molar-refractivity contribution in [2.45, 2.75) is 57.1 Å². The first-order valence-electron chi connectivity index (χ1n) is 8.74. The molecule has 1 amide bonds. The van der Waals surface area contributed by atoms with Gasteiger partial charge in [-0.2, -0.15) is 0 Å². The molecule has 1 saturated carbocycles. The molecule has 0 heterocycles. The molecule has 1 fully saturated rings. The monoisotopic (exact) mass is 318 g/mol. The predicted molar refractivity (Wildman–Crippen MR) is 93.1 cm³/mol. The van der Waals surface area contributed by atoms with Crippen molar-refractivity contribution in [2.24, 2.45) is 0 Å². The van der Waals surface area contributed by atoms with Crippen molar-refractivity contribution in [3.63, 3.8) is 0 Å². The number of hydrogen-bond donors (Lipinski definition) is 2. The zero-order valence-corrected chi connectivity index (χ0v) is 14.4. The Kier molecular flexibility index (Phi) is 6.60. The second-order valence-corrected chi connectivity index (χ2v) is 6.93. The van der Waals surface area contributed by atoms with Crippen LogP contribution in [0, 0.1) is 0 Å². The minimum Gasteiger partial charge on any atom is -0.390 e. The smallest absolute Gasteiger partial charge is 0.221 e. The lowest BCUT2D eigenvalue weighted by Gasteiger charge is -2.25. The van der Waals surface area contributed by atoms with Gasteiger partial charge in [-0.1, -0.05) is 43.2 Å². The third kappa shape index (κ3) is 5.96. The molecule has 0 aromatic heterocycles. The summed E-state index contributed by atoms with van der Waals surface area (Å²) < 4.78 is 0. The van der Waals surface area contributed by atoms with Crippen molar-refractivity contribution >= 4 is 5.91 Å². The van der Waals surface area contributed by atoms with Gasteiger partial charge in [-0.25, -0.2) is 0 Å². The van der Waals surface area contributed by atoms with E-state index in [0.717, 1.165) is 50.8 Å². The van der Waals surface area contributed by atoms with Crippen LogP contribution in [-0.4, -0.2) is 41.7 Å². The highest BCUT2D eigenvalue weighted by Gasteiger charge is 2.30. The average molecular weight is 318 g/mol. The Morgan fingerprint density at radius 2 is 1.91 bits per heavy atom. The van der Waals surface area contributed by atoms with Gasteiger partial charge in [0.05, 0.1) is 11.6 Å². The number of benzene rings is 1. The third-order valence-corrected chi connectivity index (χ3v) is 4.89. The Hall–Kier alpha value is -1.39. The normalized spacial score (nSPS) is 18.1. The Balaban J connectivity index is 1.65. The molecule has 128 valence electrons. The number of hydrogen-bond acceptors (Lipinski definition) is 3. The van der Waals surface area contributed by atoms with E-state index in [1.54, 1.807) is 0 Å². The van der Waals surface area contributed by atoms with Gasteiger partial charge in [0.2, 0.25) is 5.91 Å². The zero-order chi connectivity index (χ0) is 16.7. The van der Waals surface area contributed by atoms with Crippen LogP contribution >= 0.6 is 0 Å². The van der Waals surface area contributed by atoms with Crippen molar-refractivity contribution in [1.82, 2.24) is 10.2 Å². The number of carbonyl (C=O) groups excluding carboxylic acids is 1. The summed E-state index contributed by atoms with van der Waals surface area (Å²) >= 11 is 0. The van der Waals surface area contributed by atoms with Crippen LogP contribution in [0.15, 0.2) is 30.3 Å². The molecule has 1 aliphatic carbocycles. The number of nitrogens with one attached hydrogen (secondary N) is 1. The second-order valence-electron chi connectivity index (χ2n) is 6.93. The van der Waals surface area contributed by atoms with Gasteiger partial charge in [-0.05, 0) is 38.8 Å². The van der Waals surface area contributed by atoms with E-state index in [1.165, 1.54) is 0 Å². The highest BCUT2D eigenvalue weighted by molar-refractivity contribution is 5.76. The van der Waals surface area contributed by atoms with Gasteiger partial charge in [0, 0.05) is 19.5 Å². The van der Waals surface area contributed by atoms with Crippen molar-refractivity contribution < 1.29 is 9.90 Å². The quantitative estimate of drug-likeness (QED) is 0.775. The van der Waals surface area contributed by atoms with E-state index in [-0.39, 0.29) is 11.9 Å². The zero-order valence-electron chi connectivity index (χ0n) is 14.4. The first-order valence-corrected chi connectivity index (χ1v) is 8.74. The SMILES string of the molecule is C[C@H](NC(=O)CCN(C)CCC1(O)CCCC1)c1ccccc1. The number of aliphatic hydroxyl groups is 1. The molecular weight excluding hydrogens is 288 g/mol. The molecule has 4 nitrogen and oxygen atoms in total. The molecule has 0 bridgehead atoms. The fraction of sp³-hybridized carbons (Fsp3) is 0.632. The van der Waals surface area contributed by atoms with Gasteiger partial charge >= 0.3 is 0 Å². The molecule has 1 aromatic carbocycles. The molecule has 2 rings (SSSR count). The van der Waals surface area contributed by atoms with Gasteiger partial charge < -0.3 is 15.3 Å². The van der Waals surface area contributed by atoms with Crippen LogP contribution in [0.2, 0.25) is 0 Å². The first kappa shape index (κ1) is 18.0. The summed E-state index contributed by atoms with van der Waals surface area (Å²) in [5, 5.41) is 13.4. The lowest BCUT2D eigenvalue weighted by Crippen LogP contribution is -2.34. The topological polar surface area (TPSA) is 52.6 Å². The molecule has 1 aromatic rings. The van der Waals surface area contributed by atoms with Crippen LogP contribution in [0.5, 0.6) is 0 Å². The van der Waals surface area contributed by atoms with Gasteiger partial charge in [-0.15, -0.1) is 0 Å². The third-order valence-electron chi connectivity index (χ3n) is 4.89. The Morgan fingerprint density at radius 1 is 1.26 bits per heavy atom. The van der Waals surface area contributed by atoms with Gasteiger partial charge in [-0.3, -0.25) is 4.79 Å². The maximum absolute atomic E-state index is 12.1. The fourth-order valence-corrected chi connectivity index (χ4v) is 3.22. The Bertz CT molecular complexity index is 483. The molecular formula is C19H30N2O2. The van der Waals surface area contributed by atoms with Crippen molar-refractivity contribution in [2.75, 3.05) is 20.1 Å². The van der Waals surface area contributed by atoms with Gasteiger partial charge in [0.15, 0.2) is 0 Å². The number of amides is 1. The minimum atomic E-state index is -0.460. The van der Waals surface area contributed by atoms with Crippen LogP contribution in [0.3, 0.4) is 0 Å². The first-order chi connectivity index (χ1) is 11.0. The summed E-state index contributed by atoms with van der Waals surface area (Å²) in [4.78, 5) is 14.2. The molecule has 0 aliphatic heterocycles. The van der Waals surface area contributed by atoms with E-state index in [1.807, 2.05) is 44.3 Å². The van der Waals surface area contributed by atoms with Crippen molar-refractivity contribution in [3.05, 3.63) is 35.9 Å². The van der Waals surface area contributed by atoms with Gasteiger partial charge in [0.25, 0.3) is 0 Å². The van der Waals surface area contributed by atoms with Crippen molar-refractivity contribution in [1.29, 1.82) is 0 Å². The van der Waals surface area contributed by atoms with E-state index < -0.39 is 5.60 Å². The van der Waals surface area contributed by atoms with Crippen molar-refractivity contribution in [3.8, 4) is 0 Å². The maximum Gasteiger partial charge on any atom is 0.221 e. The second kappa shape index (κ2) is 8.46. The molecule has 0 radical (unpaired) electrons. The average Bonchev–Trinajstić information content (AvgIpc) is 2.99. The molecule has 1 aliphatic rings. The largest absolute Gasteiger partial charge is 0.390 e. The van der Waals surface area contributed by atoms with E-state index in [4.69, 9.17) is 0 Å². The number of rotatable bonds is 8. The summed E-state index contributed by atoms with van der Waals surface area (Å²) in [7, 11) is 2.02.